The van der Waals surface area contributed by atoms with Crippen molar-refractivity contribution >= 4 is 10.8 Å². The van der Waals surface area contributed by atoms with E-state index in [2.05, 4.69) is 73.7 Å². The molecule has 29 heavy (non-hydrogen) atoms. The van der Waals surface area contributed by atoms with Crippen molar-refractivity contribution in [2.45, 2.75) is 38.5 Å². The molecule has 0 aliphatic heterocycles. The molecule has 4 rings (SSSR count). The Balaban J connectivity index is 1.58. The summed E-state index contributed by atoms with van der Waals surface area (Å²) in [6.45, 7) is 2.25. The summed E-state index contributed by atoms with van der Waals surface area (Å²) < 4.78 is 13.6. The molecular weight excluding hydrogens is 355 g/mol. The van der Waals surface area contributed by atoms with Gasteiger partial charge < -0.3 is 0 Å². The topological polar surface area (TPSA) is 0 Å². The van der Waals surface area contributed by atoms with Crippen LogP contribution in [0.4, 0.5) is 4.39 Å². The third kappa shape index (κ3) is 4.74. The van der Waals surface area contributed by atoms with Gasteiger partial charge in [-0.15, -0.1) is 0 Å². The van der Waals surface area contributed by atoms with Crippen LogP contribution in [0.2, 0.25) is 0 Å². The Morgan fingerprint density at radius 1 is 0.724 bits per heavy atom. The fraction of sp³-hybridized carbons (Fsp3) is 0.214. The van der Waals surface area contributed by atoms with Gasteiger partial charge >= 0.3 is 0 Å². The van der Waals surface area contributed by atoms with Crippen molar-refractivity contribution in [1.82, 2.24) is 0 Å². The quantitative estimate of drug-likeness (QED) is 0.302. The van der Waals surface area contributed by atoms with Gasteiger partial charge in [0.05, 0.1) is 0 Å². The average molecular weight is 383 g/mol. The summed E-state index contributed by atoms with van der Waals surface area (Å²) in [6, 6.07) is 30.9. The minimum absolute atomic E-state index is 0.191. The van der Waals surface area contributed by atoms with Crippen LogP contribution in [0, 0.1) is 5.82 Å². The van der Waals surface area contributed by atoms with E-state index in [9.17, 15) is 4.39 Å². The van der Waals surface area contributed by atoms with Gasteiger partial charge in [-0.25, -0.2) is 4.39 Å². The molecule has 0 nitrogen and oxygen atoms in total. The molecule has 1 unspecified atom stereocenters. The lowest BCUT2D eigenvalue weighted by atomic mass is 9.86. The summed E-state index contributed by atoms with van der Waals surface area (Å²) >= 11 is 0. The number of unbranched alkanes of at least 4 members (excludes halogenated alkanes) is 1. The van der Waals surface area contributed by atoms with E-state index in [1.54, 1.807) is 12.1 Å². The number of halogens is 1. The lowest BCUT2D eigenvalue weighted by Crippen LogP contribution is -2.03. The first-order valence-electron chi connectivity index (χ1n) is 10.6. The maximum absolute atomic E-state index is 13.6. The second-order valence-corrected chi connectivity index (χ2v) is 7.86. The van der Waals surface area contributed by atoms with E-state index in [-0.39, 0.29) is 5.82 Å². The molecule has 0 aromatic heterocycles. The fourth-order valence-corrected chi connectivity index (χ4v) is 4.10. The van der Waals surface area contributed by atoms with Crippen molar-refractivity contribution in [2.75, 3.05) is 0 Å². The SMILES string of the molecule is CCCCC(Cc1ccc2ccccc2c1)c1ccc(-c2cccc(F)c2)cc1. The van der Waals surface area contributed by atoms with E-state index in [0.29, 0.717) is 5.92 Å². The third-order valence-electron chi connectivity index (χ3n) is 5.74. The van der Waals surface area contributed by atoms with Crippen molar-refractivity contribution in [3.63, 3.8) is 0 Å². The third-order valence-corrected chi connectivity index (χ3v) is 5.74. The standard InChI is InChI=1S/C28H27F/c1-2-3-7-25(18-21-12-13-22-8-4-5-9-26(22)19-21)23-14-16-24(17-15-23)27-10-6-11-28(29)20-27/h4-6,8-17,19-20,25H,2-3,7,18H2,1H3. The normalized spacial score (nSPS) is 12.2. The first-order valence-corrected chi connectivity index (χ1v) is 10.6. The predicted octanol–water partition coefficient (Wildman–Crippen LogP) is 8.16. The Kier molecular flexibility index (Phi) is 6.05. The maximum atomic E-state index is 13.6. The van der Waals surface area contributed by atoms with Gasteiger partial charge in [0.25, 0.3) is 0 Å². The maximum Gasteiger partial charge on any atom is 0.123 e. The Labute approximate surface area is 173 Å². The Morgan fingerprint density at radius 3 is 2.28 bits per heavy atom. The van der Waals surface area contributed by atoms with Crippen LogP contribution in [0.1, 0.15) is 43.2 Å². The van der Waals surface area contributed by atoms with Crippen molar-refractivity contribution in [2.24, 2.45) is 0 Å². The van der Waals surface area contributed by atoms with Crippen LogP contribution in [-0.4, -0.2) is 0 Å². The van der Waals surface area contributed by atoms with Gasteiger partial charge in [-0.2, -0.15) is 0 Å². The molecule has 0 spiro atoms. The second kappa shape index (κ2) is 9.05. The molecule has 0 aliphatic rings. The highest BCUT2D eigenvalue weighted by Crippen LogP contribution is 2.30. The first-order chi connectivity index (χ1) is 14.2. The van der Waals surface area contributed by atoms with E-state index in [4.69, 9.17) is 0 Å². The van der Waals surface area contributed by atoms with Crippen molar-refractivity contribution in [3.8, 4) is 11.1 Å². The highest BCUT2D eigenvalue weighted by Gasteiger charge is 2.13. The summed E-state index contributed by atoms with van der Waals surface area (Å²) in [5, 5.41) is 2.60. The van der Waals surface area contributed by atoms with Gasteiger partial charge in [0.1, 0.15) is 5.82 Å². The molecule has 1 heteroatoms. The van der Waals surface area contributed by atoms with E-state index >= 15 is 0 Å². The van der Waals surface area contributed by atoms with Crippen LogP contribution >= 0.6 is 0 Å². The molecule has 146 valence electrons. The van der Waals surface area contributed by atoms with Crippen molar-refractivity contribution < 1.29 is 4.39 Å². The van der Waals surface area contributed by atoms with Gasteiger partial charge in [-0.1, -0.05) is 98.6 Å². The zero-order valence-corrected chi connectivity index (χ0v) is 16.9. The second-order valence-electron chi connectivity index (χ2n) is 7.86. The molecule has 0 heterocycles. The van der Waals surface area contributed by atoms with E-state index < -0.39 is 0 Å². The molecule has 1 atom stereocenters. The fourth-order valence-electron chi connectivity index (χ4n) is 4.10. The van der Waals surface area contributed by atoms with Gasteiger partial charge in [0.2, 0.25) is 0 Å². The van der Waals surface area contributed by atoms with Crippen LogP contribution in [-0.2, 0) is 6.42 Å². The molecule has 0 amide bonds. The molecule has 4 aromatic rings. The van der Waals surface area contributed by atoms with Gasteiger partial charge in [-0.05, 0) is 63.9 Å². The summed E-state index contributed by atoms with van der Waals surface area (Å²) in [7, 11) is 0. The van der Waals surface area contributed by atoms with Gasteiger partial charge in [-0.3, -0.25) is 0 Å². The molecule has 0 fully saturated rings. The monoisotopic (exact) mass is 382 g/mol. The van der Waals surface area contributed by atoms with E-state index in [1.807, 2.05) is 6.07 Å². The smallest absolute Gasteiger partial charge is 0.123 e. The molecule has 0 N–H and O–H groups in total. The van der Waals surface area contributed by atoms with Crippen LogP contribution in [0.3, 0.4) is 0 Å². The Bertz CT molecular complexity index is 1080. The zero-order chi connectivity index (χ0) is 20.1. The Morgan fingerprint density at radius 2 is 1.52 bits per heavy atom. The van der Waals surface area contributed by atoms with Crippen molar-refractivity contribution in [3.05, 3.63) is 108 Å². The Hall–Kier alpha value is -2.93. The molecule has 4 aromatic carbocycles. The van der Waals surface area contributed by atoms with Crippen LogP contribution < -0.4 is 0 Å². The summed E-state index contributed by atoms with van der Waals surface area (Å²) in [6.07, 6.45) is 4.66. The minimum atomic E-state index is -0.191. The largest absolute Gasteiger partial charge is 0.207 e. The number of rotatable bonds is 7. The number of fused-ring (bicyclic) bond motifs is 1. The van der Waals surface area contributed by atoms with E-state index in [0.717, 1.165) is 17.5 Å². The summed E-state index contributed by atoms with van der Waals surface area (Å²) in [4.78, 5) is 0. The van der Waals surface area contributed by atoms with E-state index in [1.165, 1.54) is 47.2 Å². The van der Waals surface area contributed by atoms with Crippen LogP contribution in [0.15, 0.2) is 91.0 Å². The molecule has 0 saturated carbocycles. The predicted molar refractivity (Wildman–Crippen MR) is 122 cm³/mol. The first kappa shape index (κ1) is 19.4. The van der Waals surface area contributed by atoms with Crippen LogP contribution in [0.5, 0.6) is 0 Å². The molecular formula is C28H27F. The van der Waals surface area contributed by atoms with Crippen LogP contribution in [0.25, 0.3) is 21.9 Å². The molecule has 0 bridgehead atoms. The minimum Gasteiger partial charge on any atom is -0.207 e. The number of hydrogen-bond acceptors (Lipinski definition) is 0. The summed E-state index contributed by atoms with van der Waals surface area (Å²) in [5.74, 6) is 0.307. The molecule has 0 radical (unpaired) electrons. The average Bonchev–Trinajstić information content (AvgIpc) is 2.76. The lowest BCUT2D eigenvalue weighted by molar-refractivity contribution is 0.582. The lowest BCUT2D eigenvalue weighted by Gasteiger charge is -2.18. The number of benzene rings is 4. The highest BCUT2D eigenvalue weighted by atomic mass is 19.1. The van der Waals surface area contributed by atoms with Crippen molar-refractivity contribution in [1.29, 1.82) is 0 Å². The summed E-state index contributed by atoms with van der Waals surface area (Å²) in [5.41, 5.74) is 4.75. The number of hydrogen-bond donors (Lipinski definition) is 0. The highest BCUT2D eigenvalue weighted by molar-refractivity contribution is 5.83. The molecule has 0 saturated heterocycles. The zero-order valence-electron chi connectivity index (χ0n) is 16.9. The van der Waals surface area contributed by atoms with Gasteiger partial charge in [0, 0.05) is 0 Å². The van der Waals surface area contributed by atoms with Gasteiger partial charge in [0.15, 0.2) is 0 Å². The molecule has 0 aliphatic carbocycles.